The summed E-state index contributed by atoms with van der Waals surface area (Å²) < 4.78 is 0. The van der Waals surface area contributed by atoms with Crippen molar-refractivity contribution in [3.05, 3.63) is 89.2 Å². The average molecular weight is 360 g/mol. The molecule has 0 fully saturated rings. The Morgan fingerprint density at radius 3 is 2.12 bits per heavy atom. The highest BCUT2D eigenvalue weighted by atomic mass is 35.5. The van der Waals surface area contributed by atoms with E-state index in [1.54, 1.807) is 24.5 Å². The van der Waals surface area contributed by atoms with Gasteiger partial charge in [0.25, 0.3) is 5.91 Å². The molecule has 0 aliphatic rings. The van der Waals surface area contributed by atoms with E-state index < -0.39 is 0 Å². The van der Waals surface area contributed by atoms with Crippen LogP contribution in [0, 0.1) is 0 Å². The molecule has 4 aromatic rings. The van der Waals surface area contributed by atoms with E-state index in [1.807, 2.05) is 48.5 Å². The van der Waals surface area contributed by atoms with E-state index in [4.69, 9.17) is 11.6 Å². The molecular weight excluding hydrogens is 346 g/mol. The second-order valence-corrected chi connectivity index (χ2v) is 6.14. The number of aromatic nitrogens is 1. The van der Waals surface area contributed by atoms with Crippen molar-refractivity contribution in [1.82, 2.24) is 10.4 Å². The Balaban J connectivity index is 1.78. The molecule has 1 amide bonds. The Morgan fingerprint density at radius 2 is 1.54 bits per heavy atom. The van der Waals surface area contributed by atoms with E-state index >= 15 is 0 Å². The molecule has 1 N–H and O–H groups in total. The Hall–Kier alpha value is -3.24. The van der Waals surface area contributed by atoms with Gasteiger partial charge in [-0.25, -0.2) is 5.43 Å². The minimum absolute atomic E-state index is 0.308. The van der Waals surface area contributed by atoms with Crippen LogP contribution in [0.5, 0.6) is 0 Å². The van der Waals surface area contributed by atoms with Crippen LogP contribution in [0.2, 0.25) is 5.02 Å². The summed E-state index contributed by atoms with van der Waals surface area (Å²) in [5.74, 6) is -0.308. The summed E-state index contributed by atoms with van der Waals surface area (Å²) in [7, 11) is 0. The third kappa shape index (κ3) is 2.91. The number of hydrogen-bond donors (Lipinski definition) is 1. The van der Waals surface area contributed by atoms with Gasteiger partial charge in [0.05, 0.1) is 16.8 Å². The molecule has 1 heterocycles. The normalized spacial score (nSPS) is 11.3. The average Bonchev–Trinajstić information content (AvgIpc) is 2.71. The van der Waals surface area contributed by atoms with Gasteiger partial charge >= 0.3 is 0 Å². The standard InChI is InChI=1S/C21H14ClN3O/c22-20-17-9-3-1-7-15(17)19(16-8-2-4-10-18(16)20)13-24-25-21(26)14-6-5-11-23-12-14/h1-13H,(H,25,26)/b24-13+. The molecule has 0 bridgehead atoms. The summed E-state index contributed by atoms with van der Waals surface area (Å²) in [4.78, 5) is 16.1. The molecule has 0 atom stereocenters. The Kier molecular flexibility index (Phi) is 4.33. The van der Waals surface area contributed by atoms with Gasteiger partial charge in [0.1, 0.15) is 0 Å². The quantitative estimate of drug-likeness (QED) is 0.324. The summed E-state index contributed by atoms with van der Waals surface area (Å²) in [6, 6.07) is 19.2. The zero-order valence-electron chi connectivity index (χ0n) is 13.7. The number of nitrogens with one attached hydrogen (secondary N) is 1. The lowest BCUT2D eigenvalue weighted by atomic mass is 9.97. The summed E-state index contributed by atoms with van der Waals surface area (Å²) in [5.41, 5.74) is 3.91. The SMILES string of the molecule is O=C(N/N=C/c1c2ccccc2c(Cl)c2ccccc12)c1cccnc1. The number of carbonyl (C=O) groups excluding carboxylic acids is 1. The van der Waals surface area contributed by atoms with E-state index in [0.717, 1.165) is 27.1 Å². The second-order valence-electron chi connectivity index (χ2n) is 5.76. The number of rotatable bonds is 3. The fraction of sp³-hybridized carbons (Fsp3) is 0. The lowest BCUT2D eigenvalue weighted by Crippen LogP contribution is -2.17. The van der Waals surface area contributed by atoms with Crippen molar-refractivity contribution in [2.75, 3.05) is 0 Å². The number of amides is 1. The fourth-order valence-corrected chi connectivity index (χ4v) is 3.29. The van der Waals surface area contributed by atoms with Gasteiger partial charge < -0.3 is 0 Å². The van der Waals surface area contributed by atoms with Crippen LogP contribution < -0.4 is 5.43 Å². The molecular formula is C21H14ClN3O. The molecule has 0 aliphatic carbocycles. The monoisotopic (exact) mass is 359 g/mol. The van der Waals surface area contributed by atoms with Crippen LogP contribution >= 0.6 is 11.6 Å². The molecule has 1 aromatic heterocycles. The largest absolute Gasteiger partial charge is 0.272 e. The number of benzene rings is 3. The molecule has 5 heteroatoms. The second kappa shape index (κ2) is 6.94. The van der Waals surface area contributed by atoms with Crippen LogP contribution in [0.25, 0.3) is 21.5 Å². The van der Waals surface area contributed by atoms with E-state index in [9.17, 15) is 4.79 Å². The molecule has 0 unspecified atom stereocenters. The number of halogens is 1. The molecule has 126 valence electrons. The highest BCUT2D eigenvalue weighted by Gasteiger charge is 2.11. The molecule has 4 rings (SSSR count). The smallest absolute Gasteiger partial charge is 0.267 e. The Bertz CT molecular complexity index is 1080. The van der Waals surface area contributed by atoms with E-state index in [-0.39, 0.29) is 5.91 Å². The van der Waals surface area contributed by atoms with Gasteiger partial charge in [-0.05, 0) is 22.9 Å². The molecule has 0 radical (unpaired) electrons. The van der Waals surface area contributed by atoms with Gasteiger partial charge in [-0.3, -0.25) is 9.78 Å². The Labute approximate surface area is 155 Å². The number of pyridine rings is 1. The van der Waals surface area contributed by atoms with Crippen LogP contribution in [-0.4, -0.2) is 17.1 Å². The van der Waals surface area contributed by atoms with Gasteiger partial charge in [-0.15, -0.1) is 0 Å². The van der Waals surface area contributed by atoms with Crippen molar-refractivity contribution < 1.29 is 4.79 Å². The van der Waals surface area contributed by atoms with Crippen molar-refractivity contribution in [3.63, 3.8) is 0 Å². The van der Waals surface area contributed by atoms with Gasteiger partial charge in [0.2, 0.25) is 0 Å². The van der Waals surface area contributed by atoms with E-state index in [1.165, 1.54) is 6.20 Å². The summed E-state index contributed by atoms with van der Waals surface area (Å²) in [5, 5.41) is 8.74. The highest BCUT2D eigenvalue weighted by Crippen LogP contribution is 2.35. The number of hydrazone groups is 1. The highest BCUT2D eigenvalue weighted by molar-refractivity contribution is 6.42. The molecule has 0 saturated heterocycles. The van der Waals surface area contributed by atoms with Gasteiger partial charge in [-0.1, -0.05) is 60.1 Å². The zero-order valence-corrected chi connectivity index (χ0v) is 14.4. The third-order valence-electron chi connectivity index (χ3n) is 4.19. The Morgan fingerprint density at radius 1 is 0.923 bits per heavy atom. The van der Waals surface area contributed by atoms with Gasteiger partial charge in [-0.2, -0.15) is 5.10 Å². The van der Waals surface area contributed by atoms with Crippen LogP contribution in [0.3, 0.4) is 0 Å². The first-order valence-corrected chi connectivity index (χ1v) is 8.46. The van der Waals surface area contributed by atoms with E-state index in [2.05, 4.69) is 15.5 Å². The van der Waals surface area contributed by atoms with Gasteiger partial charge in [0, 0.05) is 28.7 Å². The predicted molar refractivity (Wildman–Crippen MR) is 106 cm³/mol. The lowest BCUT2D eigenvalue weighted by Gasteiger charge is -2.10. The van der Waals surface area contributed by atoms with Gasteiger partial charge in [0.15, 0.2) is 0 Å². The first-order valence-electron chi connectivity index (χ1n) is 8.08. The zero-order chi connectivity index (χ0) is 17.9. The van der Waals surface area contributed by atoms with Crippen molar-refractivity contribution in [2.24, 2.45) is 5.10 Å². The van der Waals surface area contributed by atoms with Crippen LogP contribution in [0.4, 0.5) is 0 Å². The molecule has 26 heavy (non-hydrogen) atoms. The molecule has 0 spiro atoms. The van der Waals surface area contributed by atoms with Crippen LogP contribution in [0.1, 0.15) is 15.9 Å². The van der Waals surface area contributed by atoms with Crippen molar-refractivity contribution in [2.45, 2.75) is 0 Å². The number of carbonyl (C=O) groups is 1. The number of fused-ring (bicyclic) bond motifs is 2. The predicted octanol–water partition coefficient (Wildman–Crippen LogP) is 4.81. The summed E-state index contributed by atoms with van der Waals surface area (Å²) in [6.45, 7) is 0. The maximum Gasteiger partial charge on any atom is 0.272 e. The summed E-state index contributed by atoms with van der Waals surface area (Å²) >= 11 is 6.59. The van der Waals surface area contributed by atoms with E-state index in [0.29, 0.717) is 10.6 Å². The molecule has 0 aliphatic heterocycles. The van der Waals surface area contributed by atoms with Crippen molar-refractivity contribution >= 4 is 45.3 Å². The van der Waals surface area contributed by atoms with Crippen LogP contribution in [-0.2, 0) is 0 Å². The molecule has 3 aromatic carbocycles. The minimum atomic E-state index is -0.308. The fourth-order valence-electron chi connectivity index (χ4n) is 2.97. The molecule has 0 saturated carbocycles. The third-order valence-corrected chi connectivity index (χ3v) is 4.60. The maximum absolute atomic E-state index is 12.1. The number of nitrogens with zero attached hydrogens (tertiary/aromatic N) is 2. The molecule has 4 nitrogen and oxygen atoms in total. The maximum atomic E-state index is 12.1. The lowest BCUT2D eigenvalue weighted by molar-refractivity contribution is 0.0955. The first-order chi connectivity index (χ1) is 12.8. The summed E-state index contributed by atoms with van der Waals surface area (Å²) in [6.07, 6.45) is 4.78. The topological polar surface area (TPSA) is 54.4 Å². The van der Waals surface area contributed by atoms with Crippen molar-refractivity contribution in [1.29, 1.82) is 0 Å². The minimum Gasteiger partial charge on any atom is -0.267 e. The van der Waals surface area contributed by atoms with Crippen LogP contribution in [0.15, 0.2) is 78.2 Å². The first kappa shape index (κ1) is 16.2. The van der Waals surface area contributed by atoms with Crippen molar-refractivity contribution in [3.8, 4) is 0 Å². The number of hydrogen-bond acceptors (Lipinski definition) is 3.